The summed E-state index contributed by atoms with van der Waals surface area (Å²) < 4.78 is 32.3. The van der Waals surface area contributed by atoms with Gasteiger partial charge in [0, 0.05) is 7.05 Å². The first kappa shape index (κ1) is 35.7. The predicted molar refractivity (Wildman–Crippen MR) is 178 cm³/mol. The molecule has 0 aliphatic carbocycles. The van der Waals surface area contributed by atoms with Crippen molar-refractivity contribution in [2.75, 3.05) is 26.8 Å². The van der Waals surface area contributed by atoms with Gasteiger partial charge in [-0.1, -0.05) is 49.7 Å². The summed E-state index contributed by atoms with van der Waals surface area (Å²) in [6, 6.07) is 15.2. The van der Waals surface area contributed by atoms with Gasteiger partial charge in [0.15, 0.2) is 17.3 Å². The molecule has 1 heterocycles. The second-order valence-electron chi connectivity index (χ2n) is 12.3. The number of para-hydroxylation sites is 2. The monoisotopic (exact) mass is 662 g/mol. The number of halogens is 1. The minimum absolute atomic E-state index is 0.0894. The van der Waals surface area contributed by atoms with E-state index < -0.39 is 48.1 Å². The first-order valence-electron chi connectivity index (χ1n) is 15.9. The molecule has 0 bridgehead atoms. The maximum Gasteiger partial charge on any atom is 0.255 e. The lowest BCUT2D eigenvalue weighted by atomic mass is 10.0. The van der Waals surface area contributed by atoms with Crippen molar-refractivity contribution in [1.29, 1.82) is 0 Å². The maximum atomic E-state index is 14.8. The number of carbonyl (C=O) groups excluding carboxylic acids is 4. The largest absolute Gasteiger partial charge is 0.491 e. The Hall–Kier alpha value is -5.13. The summed E-state index contributed by atoms with van der Waals surface area (Å²) >= 11 is 0. The van der Waals surface area contributed by atoms with Gasteiger partial charge in [-0.2, -0.15) is 0 Å². The lowest BCUT2D eigenvalue weighted by Crippen LogP contribution is -2.54. The third kappa shape index (κ3) is 9.93. The normalized spacial score (nSPS) is 18.1. The molecule has 11 nitrogen and oxygen atoms in total. The van der Waals surface area contributed by atoms with Crippen LogP contribution in [0.2, 0.25) is 0 Å². The van der Waals surface area contributed by atoms with Crippen molar-refractivity contribution in [3.63, 3.8) is 0 Å². The van der Waals surface area contributed by atoms with Crippen LogP contribution in [0.15, 0.2) is 66.7 Å². The topological polar surface area (TPSA) is 135 Å². The fraction of sp³-hybridized carbons (Fsp3) is 0.389. The molecule has 3 aromatic carbocycles. The first-order chi connectivity index (χ1) is 22.9. The molecule has 0 spiro atoms. The summed E-state index contributed by atoms with van der Waals surface area (Å²) in [4.78, 5) is 55.0. The summed E-state index contributed by atoms with van der Waals surface area (Å²) in [5, 5.41) is 8.15. The predicted octanol–water partition coefficient (Wildman–Crippen LogP) is 4.38. The molecule has 0 fully saturated rings. The van der Waals surface area contributed by atoms with Gasteiger partial charge in [0.1, 0.15) is 36.8 Å². The molecule has 48 heavy (non-hydrogen) atoms. The van der Waals surface area contributed by atoms with Gasteiger partial charge < -0.3 is 35.1 Å². The SMILES string of the molecule is Cc1ccc(Oc2cccc(F)c2OC[C@@H](C)NC(=O)[C@@H]2CC(=O)N[C@@H](CC(C)C)C(=O)N(C)CCOc3ccccc3C(=O)N2)cc1. The molecular weight excluding hydrogens is 619 g/mol. The fourth-order valence-corrected chi connectivity index (χ4v) is 5.06. The molecule has 0 saturated heterocycles. The smallest absolute Gasteiger partial charge is 0.255 e. The molecule has 1 aliphatic rings. The van der Waals surface area contributed by atoms with Crippen molar-refractivity contribution >= 4 is 23.6 Å². The van der Waals surface area contributed by atoms with Crippen molar-refractivity contribution in [1.82, 2.24) is 20.9 Å². The van der Waals surface area contributed by atoms with E-state index in [1.54, 1.807) is 56.4 Å². The van der Waals surface area contributed by atoms with Crippen LogP contribution >= 0.6 is 0 Å². The van der Waals surface area contributed by atoms with E-state index >= 15 is 0 Å². The Labute approximate surface area is 280 Å². The number of fused-ring (bicyclic) bond motifs is 1. The van der Waals surface area contributed by atoms with Gasteiger partial charge >= 0.3 is 0 Å². The molecule has 12 heteroatoms. The number of aryl methyl sites for hydroxylation is 1. The zero-order valence-corrected chi connectivity index (χ0v) is 27.9. The Morgan fingerprint density at radius 1 is 1.02 bits per heavy atom. The Morgan fingerprint density at radius 2 is 1.75 bits per heavy atom. The molecule has 3 atom stereocenters. The molecule has 1 aliphatic heterocycles. The quantitative estimate of drug-likeness (QED) is 0.310. The average Bonchev–Trinajstić information content (AvgIpc) is 3.04. The highest BCUT2D eigenvalue weighted by molar-refractivity contribution is 6.01. The van der Waals surface area contributed by atoms with Crippen molar-refractivity contribution in [2.45, 2.75) is 58.7 Å². The molecule has 3 aromatic rings. The van der Waals surface area contributed by atoms with Gasteiger partial charge in [0.25, 0.3) is 5.91 Å². The molecule has 0 saturated carbocycles. The summed E-state index contributed by atoms with van der Waals surface area (Å²) in [7, 11) is 1.62. The second-order valence-corrected chi connectivity index (χ2v) is 12.3. The van der Waals surface area contributed by atoms with E-state index in [-0.39, 0.29) is 54.4 Å². The Morgan fingerprint density at radius 3 is 2.48 bits per heavy atom. The van der Waals surface area contributed by atoms with Gasteiger partial charge in [0.2, 0.25) is 17.7 Å². The number of carbonyl (C=O) groups is 4. The summed E-state index contributed by atoms with van der Waals surface area (Å²) in [6.45, 7) is 7.63. The van der Waals surface area contributed by atoms with E-state index in [4.69, 9.17) is 14.2 Å². The second kappa shape index (κ2) is 16.6. The van der Waals surface area contributed by atoms with Crippen molar-refractivity contribution in [2.24, 2.45) is 5.92 Å². The zero-order valence-electron chi connectivity index (χ0n) is 27.9. The van der Waals surface area contributed by atoms with E-state index in [1.807, 2.05) is 32.9 Å². The third-order valence-corrected chi connectivity index (χ3v) is 7.59. The molecule has 0 aromatic heterocycles. The van der Waals surface area contributed by atoms with Crippen LogP contribution in [0.4, 0.5) is 4.39 Å². The number of hydrogen-bond acceptors (Lipinski definition) is 7. The van der Waals surface area contributed by atoms with Crippen LogP contribution < -0.4 is 30.2 Å². The molecule has 4 amide bonds. The lowest BCUT2D eigenvalue weighted by molar-refractivity contribution is -0.136. The van der Waals surface area contributed by atoms with E-state index in [0.29, 0.717) is 12.2 Å². The van der Waals surface area contributed by atoms with Crippen LogP contribution in [0.25, 0.3) is 0 Å². The lowest BCUT2D eigenvalue weighted by Gasteiger charge is -2.27. The van der Waals surface area contributed by atoms with E-state index in [0.717, 1.165) is 5.56 Å². The number of hydrogen-bond donors (Lipinski definition) is 3. The number of ether oxygens (including phenoxy) is 3. The molecule has 4 rings (SSSR count). The minimum atomic E-state index is -1.32. The van der Waals surface area contributed by atoms with Crippen molar-refractivity contribution in [3.05, 3.63) is 83.7 Å². The number of nitrogens with zero attached hydrogens (tertiary/aromatic N) is 1. The van der Waals surface area contributed by atoms with Gasteiger partial charge in [0.05, 0.1) is 24.6 Å². The number of benzene rings is 3. The van der Waals surface area contributed by atoms with Crippen LogP contribution in [0.5, 0.6) is 23.0 Å². The molecular formula is C36H43FN4O7. The standard InChI is InChI=1S/C36H43FN4O7/c1-22(2)19-29-36(45)41(5)17-18-46-30-11-7-6-9-26(30)34(43)40-28(20-32(42)39-29)35(44)38-24(4)21-47-33-27(37)10-8-12-31(33)48-25-15-13-23(3)14-16-25/h6-16,22,24,28-29H,17-21H2,1-5H3,(H,38,44)(H,39,42)(H,40,43)/t24-,28+,29+/m1/s1. The highest BCUT2D eigenvalue weighted by Crippen LogP contribution is 2.34. The third-order valence-electron chi connectivity index (χ3n) is 7.59. The van der Waals surface area contributed by atoms with E-state index in [2.05, 4.69) is 16.0 Å². The van der Waals surface area contributed by atoms with Gasteiger partial charge in [-0.15, -0.1) is 0 Å². The van der Waals surface area contributed by atoms with Gasteiger partial charge in [-0.05, 0) is 62.6 Å². The molecule has 3 N–H and O–H groups in total. The number of amides is 4. The van der Waals surface area contributed by atoms with Crippen molar-refractivity contribution in [3.8, 4) is 23.0 Å². The fourth-order valence-electron chi connectivity index (χ4n) is 5.06. The zero-order chi connectivity index (χ0) is 34.8. The van der Waals surface area contributed by atoms with E-state index in [1.165, 1.54) is 17.0 Å². The number of rotatable bonds is 9. The highest BCUT2D eigenvalue weighted by atomic mass is 19.1. The van der Waals surface area contributed by atoms with Crippen LogP contribution in [0.1, 0.15) is 49.5 Å². The number of nitrogens with one attached hydrogen (secondary N) is 3. The van der Waals surface area contributed by atoms with Crippen LogP contribution in [0, 0.1) is 18.7 Å². The van der Waals surface area contributed by atoms with Crippen molar-refractivity contribution < 1.29 is 37.8 Å². The maximum absolute atomic E-state index is 14.8. The first-order valence-corrected chi connectivity index (χ1v) is 15.9. The van der Waals surface area contributed by atoms with Gasteiger partial charge in [-0.25, -0.2) is 4.39 Å². The van der Waals surface area contributed by atoms with E-state index in [9.17, 15) is 23.6 Å². The summed E-state index contributed by atoms with van der Waals surface area (Å²) in [6.07, 6.45) is -0.0660. The van der Waals surface area contributed by atoms with Crippen LogP contribution in [-0.2, 0) is 14.4 Å². The molecule has 0 radical (unpaired) electrons. The number of likely N-dealkylation sites (N-methyl/N-ethyl adjacent to an activating group) is 1. The minimum Gasteiger partial charge on any atom is -0.491 e. The summed E-state index contributed by atoms with van der Waals surface area (Å²) in [5.74, 6) is -1.94. The Balaban J connectivity index is 1.51. The summed E-state index contributed by atoms with van der Waals surface area (Å²) in [5.41, 5.74) is 1.20. The van der Waals surface area contributed by atoms with Crippen LogP contribution in [-0.4, -0.2) is 73.5 Å². The molecule has 0 unspecified atom stereocenters. The average molecular weight is 663 g/mol. The highest BCUT2D eigenvalue weighted by Gasteiger charge is 2.31. The Bertz CT molecular complexity index is 1600. The van der Waals surface area contributed by atoms with Crippen LogP contribution in [0.3, 0.4) is 0 Å². The Kier molecular flexibility index (Phi) is 12.4. The van der Waals surface area contributed by atoms with Gasteiger partial charge in [-0.3, -0.25) is 19.2 Å². The molecule has 256 valence electrons.